The summed E-state index contributed by atoms with van der Waals surface area (Å²) in [5.41, 5.74) is 6.91. The molecule has 3 aromatic rings. The number of nitrogens with one attached hydrogen (secondary N) is 1. The van der Waals surface area contributed by atoms with Crippen molar-refractivity contribution >= 4 is 22.7 Å². The Morgan fingerprint density at radius 2 is 1.74 bits per heavy atom. The number of hydrogen-bond donors (Lipinski definition) is 2. The second-order valence-corrected chi connectivity index (χ2v) is 6.18. The molecule has 7 heteroatoms. The molecule has 1 heterocycles. The molecule has 0 saturated carbocycles. The van der Waals surface area contributed by atoms with Crippen LogP contribution in [0.15, 0.2) is 54.6 Å². The maximum Gasteiger partial charge on any atom is 0.240 e. The number of para-hydroxylation sites is 1. The summed E-state index contributed by atoms with van der Waals surface area (Å²) in [5, 5.41) is 3.45. The molecule has 0 aliphatic heterocycles. The second kappa shape index (κ2) is 7.90. The van der Waals surface area contributed by atoms with Gasteiger partial charge in [0.2, 0.25) is 11.8 Å². The van der Waals surface area contributed by atoms with Gasteiger partial charge in [-0.15, -0.1) is 0 Å². The molecule has 0 spiro atoms. The molecule has 0 bridgehead atoms. The molecule has 3 N–H and O–H groups in total. The summed E-state index contributed by atoms with van der Waals surface area (Å²) in [6.45, 7) is 0. The highest BCUT2D eigenvalue weighted by atomic mass is 19.1. The van der Waals surface area contributed by atoms with Crippen LogP contribution in [0.3, 0.4) is 0 Å². The monoisotopic (exact) mass is 369 g/mol. The van der Waals surface area contributed by atoms with E-state index in [1.807, 2.05) is 30.3 Å². The summed E-state index contributed by atoms with van der Waals surface area (Å²) < 4.78 is 26.5. The Hall–Kier alpha value is -3.35. The summed E-state index contributed by atoms with van der Waals surface area (Å²) >= 11 is 0. The lowest BCUT2D eigenvalue weighted by molar-refractivity contribution is -0.127. The number of primary amides is 1. The number of aromatic nitrogens is 1. The number of halogens is 2. The normalized spacial score (nSPS) is 11.9. The van der Waals surface area contributed by atoms with Crippen molar-refractivity contribution in [3.8, 4) is 0 Å². The van der Waals surface area contributed by atoms with E-state index in [2.05, 4.69) is 10.3 Å². The Morgan fingerprint density at radius 3 is 2.44 bits per heavy atom. The number of carbonyl (C=O) groups is 2. The highest BCUT2D eigenvalue weighted by Crippen LogP contribution is 2.13. The highest BCUT2D eigenvalue weighted by molar-refractivity contribution is 5.87. The summed E-state index contributed by atoms with van der Waals surface area (Å²) in [6, 6.07) is 13.0. The fourth-order valence-corrected chi connectivity index (χ4v) is 2.80. The fraction of sp³-hybridized carbons (Fsp3) is 0.150. The summed E-state index contributed by atoms with van der Waals surface area (Å²) in [7, 11) is 0. The first-order chi connectivity index (χ1) is 12.9. The first-order valence-electron chi connectivity index (χ1n) is 8.29. The Balaban J connectivity index is 1.71. The van der Waals surface area contributed by atoms with E-state index in [4.69, 9.17) is 5.73 Å². The molecular weight excluding hydrogens is 352 g/mol. The van der Waals surface area contributed by atoms with Crippen LogP contribution in [-0.4, -0.2) is 22.8 Å². The van der Waals surface area contributed by atoms with Gasteiger partial charge in [0.05, 0.1) is 11.9 Å². The zero-order valence-electron chi connectivity index (χ0n) is 14.3. The minimum absolute atomic E-state index is 0.115. The Kier molecular flexibility index (Phi) is 5.40. The van der Waals surface area contributed by atoms with Gasteiger partial charge >= 0.3 is 0 Å². The molecule has 0 aliphatic carbocycles. The van der Waals surface area contributed by atoms with E-state index >= 15 is 0 Å². The van der Waals surface area contributed by atoms with Gasteiger partial charge in [0.15, 0.2) is 0 Å². The van der Waals surface area contributed by atoms with Crippen LogP contribution < -0.4 is 11.1 Å². The van der Waals surface area contributed by atoms with Crippen molar-refractivity contribution in [2.45, 2.75) is 18.9 Å². The predicted octanol–water partition coefficient (Wildman–Crippen LogP) is 2.27. The maximum absolute atomic E-state index is 13.2. The lowest BCUT2D eigenvalue weighted by Gasteiger charge is -2.15. The topological polar surface area (TPSA) is 85.1 Å². The number of fused-ring (bicyclic) bond motifs is 1. The molecule has 0 saturated heterocycles. The second-order valence-electron chi connectivity index (χ2n) is 6.18. The lowest BCUT2D eigenvalue weighted by Crippen LogP contribution is -2.46. The van der Waals surface area contributed by atoms with Crippen molar-refractivity contribution in [3.05, 3.63) is 77.5 Å². The number of nitrogens with two attached hydrogens (primary N) is 1. The quantitative estimate of drug-likeness (QED) is 0.699. The average molecular weight is 369 g/mol. The van der Waals surface area contributed by atoms with Crippen LogP contribution in [0.1, 0.15) is 11.3 Å². The summed E-state index contributed by atoms with van der Waals surface area (Å²) in [4.78, 5) is 28.3. The molecule has 0 fully saturated rings. The molecular formula is C20H17F2N3O2. The van der Waals surface area contributed by atoms with Crippen LogP contribution >= 0.6 is 0 Å². The van der Waals surface area contributed by atoms with Crippen molar-refractivity contribution < 1.29 is 18.4 Å². The van der Waals surface area contributed by atoms with E-state index in [0.29, 0.717) is 5.69 Å². The lowest BCUT2D eigenvalue weighted by atomic mass is 10.1. The maximum atomic E-state index is 13.2. The number of carbonyl (C=O) groups excluding carboxylic acids is 2. The average Bonchev–Trinajstić information content (AvgIpc) is 2.60. The molecule has 3 rings (SSSR count). The zero-order valence-corrected chi connectivity index (χ0v) is 14.3. The molecule has 2 aromatic carbocycles. The Labute approximate surface area is 154 Å². The first kappa shape index (κ1) is 18.4. The van der Waals surface area contributed by atoms with Crippen LogP contribution in [0, 0.1) is 11.6 Å². The number of nitrogens with zero attached hydrogens (tertiary/aromatic N) is 1. The van der Waals surface area contributed by atoms with Crippen LogP contribution in [0.2, 0.25) is 0 Å². The molecule has 1 atom stereocenters. The largest absolute Gasteiger partial charge is 0.368 e. The summed E-state index contributed by atoms with van der Waals surface area (Å²) in [5.74, 6) is -2.83. The van der Waals surface area contributed by atoms with E-state index in [-0.39, 0.29) is 18.4 Å². The van der Waals surface area contributed by atoms with Gasteiger partial charge in [-0.05, 0) is 29.8 Å². The molecule has 27 heavy (non-hydrogen) atoms. The van der Waals surface area contributed by atoms with Gasteiger partial charge in [0.1, 0.15) is 17.7 Å². The van der Waals surface area contributed by atoms with E-state index in [1.165, 1.54) is 0 Å². The number of pyridine rings is 1. The van der Waals surface area contributed by atoms with Crippen LogP contribution in [-0.2, 0) is 22.4 Å². The fourth-order valence-electron chi connectivity index (χ4n) is 2.80. The number of benzene rings is 2. The van der Waals surface area contributed by atoms with Crippen molar-refractivity contribution in [2.24, 2.45) is 5.73 Å². The third-order valence-electron chi connectivity index (χ3n) is 4.04. The van der Waals surface area contributed by atoms with Crippen LogP contribution in [0.5, 0.6) is 0 Å². The SMILES string of the molecule is NC(=O)[C@H](Cc1ccc2ccccc2n1)NC(=O)Cc1cc(F)cc(F)c1. The van der Waals surface area contributed by atoms with E-state index < -0.39 is 29.5 Å². The van der Waals surface area contributed by atoms with Crippen molar-refractivity contribution in [1.29, 1.82) is 0 Å². The third-order valence-corrected chi connectivity index (χ3v) is 4.04. The van der Waals surface area contributed by atoms with Gasteiger partial charge in [0.25, 0.3) is 0 Å². The highest BCUT2D eigenvalue weighted by Gasteiger charge is 2.20. The molecule has 0 radical (unpaired) electrons. The first-order valence-corrected chi connectivity index (χ1v) is 8.29. The van der Waals surface area contributed by atoms with Crippen molar-refractivity contribution in [3.63, 3.8) is 0 Å². The van der Waals surface area contributed by atoms with Gasteiger partial charge in [0, 0.05) is 23.6 Å². The molecule has 0 aliphatic rings. The summed E-state index contributed by atoms with van der Waals surface area (Å²) in [6.07, 6.45) is -0.160. The van der Waals surface area contributed by atoms with Gasteiger partial charge in [-0.1, -0.05) is 24.3 Å². The molecule has 1 aromatic heterocycles. The minimum Gasteiger partial charge on any atom is -0.368 e. The van der Waals surface area contributed by atoms with Crippen LogP contribution in [0.25, 0.3) is 10.9 Å². The zero-order chi connectivity index (χ0) is 19.4. The minimum atomic E-state index is -0.982. The third kappa shape index (κ3) is 4.84. The van der Waals surface area contributed by atoms with E-state index in [1.54, 1.807) is 6.07 Å². The van der Waals surface area contributed by atoms with Crippen LogP contribution in [0.4, 0.5) is 8.78 Å². The van der Waals surface area contributed by atoms with Gasteiger partial charge in [-0.3, -0.25) is 14.6 Å². The van der Waals surface area contributed by atoms with Gasteiger partial charge < -0.3 is 11.1 Å². The smallest absolute Gasteiger partial charge is 0.240 e. The molecule has 5 nitrogen and oxygen atoms in total. The number of amides is 2. The Morgan fingerprint density at radius 1 is 1.04 bits per heavy atom. The molecule has 2 amide bonds. The van der Waals surface area contributed by atoms with Gasteiger partial charge in [-0.2, -0.15) is 0 Å². The predicted molar refractivity (Wildman–Crippen MR) is 96.6 cm³/mol. The van der Waals surface area contributed by atoms with Crippen molar-refractivity contribution in [2.75, 3.05) is 0 Å². The van der Waals surface area contributed by atoms with Crippen molar-refractivity contribution in [1.82, 2.24) is 10.3 Å². The molecule has 0 unspecified atom stereocenters. The number of hydrogen-bond acceptors (Lipinski definition) is 3. The van der Waals surface area contributed by atoms with E-state index in [0.717, 1.165) is 29.1 Å². The molecule has 138 valence electrons. The number of rotatable bonds is 6. The standard InChI is InChI=1S/C20H17F2N3O2/c21-14-7-12(8-15(22)10-14)9-19(26)25-18(20(23)27)11-16-6-5-13-3-1-2-4-17(13)24-16/h1-8,10,18H,9,11H2,(H2,23,27)(H,25,26)/t18-/m0/s1. The van der Waals surface area contributed by atoms with Gasteiger partial charge in [-0.25, -0.2) is 8.78 Å². The Bertz CT molecular complexity index is 987. The van der Waals surface area contributed by atoms with E-state index in [9.17, 15) is 18.4 Å².